The second kappa shape index (κ2) is 5.61. The Bertz CT molecular complexity index is 656. The Labute approximate surface area is 118 Å². The van der Waals surface area contributed by atoms with E-state index in [1.54, 1.807) is 18.2 Å². The summed E-state index contributed by atoms with van der Waals surface area (Å²) in [5.41, 5.74) is 1.02. The third-order valence-corrected chi connectivity index (χ3v) is 2.99. The second-order valence-electron chi connectivity index (χ2n) is 4.64. The first-order chi connectivity index (χ1) is 8.97. The molecule has 1 aromatic carbocycles. The highest BCUT2D eigenvalue weighted by Gasteiger charge is 2.14. The molecule has 0 radical (unpaired) electrons. The molecule has 0 atom stereocenters. The van der Waals surface area contributed by atoms with Gasteiger partial charge in [0.05, 0.1) is 12.1 Å². The minimum absolute atomic E-state index is 0.144. The predicted molar refractivity (Wildman–Crippen MR) is 74.0 cm³/mol. The molecule has 1 heterocycles. The van der Waals surface area contributed by atoms with Gasteiger partial charge in [0.25, 0.3) is 0 Å². The van der Waals surface area contributed by atoms with Crippen molar-refractivity contribution in [3.8, 4) is 0 Å². The lowest BCUT2D eigenvalue weighted by atomic mass is 10.2. The monoisotopic (exact) mass is 327 g/mol. The molecule has 6 heteroatoms. The summed E-state index contributed by atoms with van der Waals surface area (Å²) in [4.78, 5) is 23.4. The minimum atomic E-state index is -0.561. The number of rotatable bonds is 4. The first-order valence-corrected chi connectivity index (χ1v) is 6.71. The van der Waals surface area contributed by atoms with Crippen LogP contribution in [-0.2, 0) is 16.1 Å². The average molecular weight is 328 g/mol. The molecule has 0 aliphatic heterocycles. The maximum absolute atomic E-state index is 11.7. The predicted octanol–water partition coefficient (Wildman–Crippen LogP) is 2.56. The lowest BCUT2D eigenvalue weighted by molar-refractivity contribution is -0.145. The Morgan fingerprint density at radius 3 is 2.89 bits per heavy atom. The van der Waals surface area contributed by atoms with Crippen molar-refractivity contribution >= 4 is 33.0 Å². The van der Waals surface area contributed by atoms with Crippen LogP contribution in [0.5, 0.6) is 0 Å². The van der Waals surface area contributed by atoms with E-state index < -0.39 is 11.7 Å². The summed E-state index contributed by atoms with van der Waals surface area (Å²) in [5.74, 6) is -0.746. The summed E-state index contributed by atoms with van der Waals surface area (Å²) in [6.45, 7) is 4.09. The van der Waals surface area contributed by atoms with Gasteiger partial charge in [0.2, 0.25) is 0 Å². The molecular weight excluding hydrogens is 314 g/mol. The van der Waals surface area contributed by atoms with Crippen LogP contribution in [0, 0.1) is 5.92 Å². The summed E-state index contributed by atoms with van der Waals surface area (Å²) >= 11 is 3.32. The quantitative estimate of drug-likeness (QED) is 0.809. The van der Waals surface area contributed by atoms with Gasteiger partial charge >= 0.3 is 11.7 Å². The van der Waals surface area contributed by atoms with Crippen LogP contribution >= 0.6 is 15.9 Å². The van der Waals surface area contributed by atoms with Gasteiger partial charge in [-0.3, -0.25) is 9.36 Å². The zero-order chi connectivity index (χ0) is 14.0. The number of nitrogens with zero attached hydrogens (tertiary/aromatic N) is 1. The fraction of sp³-hybridized carbons (Fsp3) is 0.385. The molecule has 0 aliphatic carbocycles. The fourth-order valence-electron chi connectivity index (χ4n) is 1.62. The molecule has 5 nitrogen and oxygen atoms in total. The molecule has 0 N–H and O–H groups in total. The molecule has 0 spiro atoms. The Hall–Kier alpha value is -1.56. The molecule has 0 fully saturated rings. The lowest BCUT2D eigenvalue weighted by Gasteiger charge is -2.07. The van der Waals surface area contributed by atoms with Crippen LogP contribution in [0.2, 0.25) is 0 Å². The molecular formula is C13H14BrNO4. The van der Waals surface area contributed by atoms with Crippen molar-refractivity contribution in [3.05, 3.63) is 33.2 Å². The maximum Gasteiger partial charge on any atom is 0.420 e. The van der Waals surface area contributed by atoms with E-state index in [1.165, 1.54) is 4.57 Å². The molecule has 0 aliphatic rings. The summed E-state index contributed by atoms with van der Waals surface area (Å²) in [5, 5.41) is 0. The van der Waals surface area contributed by atoms with Crippen LogP contribution in [0.25, 0.3) is 11.1 Å². The molecule has 0 saturated carbocycles. The number of esters is 1. The lowest BCUT2D eigenvalue weighted by Crippen LogP contribution is -2.22. The maximum atomic E-state index is 11.7. The number of aromatic nitrogens is 1. The van der Waals surface area contributed by atoms with Gasteiger partial charge in [-0.05, 0) is 24.1 Å². The number of carbonyl (C=O) groups is 1. The largest absolute Gasteiger partial charge is 0.464 e. The smallest absolute Gasteiger partial charge is 0.420 e. The molecule has 2 rings (SSSR count). The van der Waals surface area contributed by atoms with Gasteiger partial charge in [0.1, 0.15) is 6.54 Å². The van der Waals surface area contributed by atoms with Gasteiger partial charge in [-0.2, -0.15) is 0 Å². The molecule has 0 amide bonds. The average Bonchev–Trinajstić information content (AvgIpc) is 2.63. The van der Waals surface area contributed by atoms with E-state index >= 15 is 0 Å². The Balaban J connectivity index is 2.25. The van der Waals surface area contributed by atoms with Gasteiger partial charge < -0.3 is 9.15 Å². The van der Waals surface area contributed by atoms with Crippen LogP contribution in [0.1, 0.15) is 13.8 Å². The molecule has 19 heavy (non-hydrogen) atoms. The third-order valence-electron chi connectivity index (χ3n) is 2.49. The van der Waals surface area contributed by atoms with Crippen molar-refractivity contribution < 1.29 is 13.9 Å². The normalized spacial score (nSPS) is 11.2. The zero-order valence-electron chi connectivity index (χ0n) is 10.7. The van der Waals surface area contributed by atoms with E-state index in [-0.39, 0.29) is 12.5 Å². The van der Waals surface area contributed by atoms with Crippen molar-refractivity contribution in [1.82, 2.24) is 4.57 Å². The van der Waals surface area contributed by atoms with Gasteiger partial charge in [0, 0.05) is 4.47 Å². The van der Waals surface area contributed by atoms with E-state index in [1.807, 2.05) is 13.8 Å². The Morgan fingerprint density at radius 1 is 1.47 bits per heavy atom. The van der Waals surface area contributed by atoms with E-state index in [0.717, 1.165) is 4.47 Å². The Kier molecular flexibility index (Phi) is 4.09. The number of ether oxygens (including phenoxy) is 1. The van der Waals surface area contributed by atoms with Gasteiger partial charge in [-0.25, -0.2) is 4.79 Å². The van der Waals surface area contributed by atoms with Gasteiger partial charge in [-0.1, -0.05) is 29.8 Å². The summed E-state index contributed by atoms with van der Waals surface area (Å²) in [6.07, 6.45) is 0. The number of oxazole rings is 1. The third kappa shape index (κ3) is 3.26. The Morgan fingerprint density at radius 2 is 2.21 bits per heavy atom. The van der Waals surface area contributed by atoms with Crippen LogP contribution in [0.3, 0.4) is 0 Å². The van der Waals surface area contributed by atoms with Crippen molar-refractivity contribution in [2.75, 3.05) is 6.61 Å². The molecule has 0 bridgehead atoms. The van der Waals surface area contributed by atoms with Crippen LogP contribution < -0.4 is 5.76 Å². The summed E-state index contributed by atoms with van der Waals surface area (Å²) in [6, 6.07) is 5.18. The van der Waals surface area contributed by atoms with E-state index in [0.29, 0.717) is 17.7 Å². The van der Waals surface area contributed by atoms with Crippen molar-refractivity contribution in [2.45, 2.75) is 20.4 Å². The highest BCUT2D eigenvalue weighted by molar-refractivity contribution is 9.10. The molecule has 102 valence electrons. The van der Waals surface area contributed by atoms with Gasteiger partial charge in [-0.15, -0.1) is 0 Å². The number of hydrogen-bond acceptors (Lipinski definition) is 4. The number of hydrogen-bond donors (Lipinski definition) is 0. The number of fused-ring (bicyclic) bond motifs is 1. The van der Waals surface area contributed by atoms with E-state index in [2.05, 4.69) is 15.9 Å². The van der Waals surface area contributed by atoms with Crippen molar-refractivity contribution in [3.63, 3.8) is 0 Å². The van der Waals surface area contributed by atoms with Crippen LogP contribution in [0.15, 0.2) is 31.9 Å². The number of carbonyl (C=O) groups excluding carboxylic acids is 1. The van der Waals surface area contributed by atoms with Crippen LogP contribution in [-0.4, -0.2) is 17.1 Å². The van der Waals surface area contributed by atoms with E-state index in [4.69, 9.17) is 9.15 Å². The van der Waals surface area contributed by atoms with Crippen molar-refractivity contribution in [2.24, 2.45) is 5.92 Å². The summed E-state index contributed by atoms with van der Waals surface area (Å²) in [7, 11) is 0. The van der Waals surface area contributed by atoms with Crippen LogP contribution in [0.4, 0.5) is 0 Å². The molecule has 0 unspecified atom stereocenters. The molecule has 2 aromatic rings. The molecule has 0 saturated heterocycles. The topological polar surface area (TPSA) is 61.4 Å². The van der Waals surface area contributed by atoms with Gasteiger partial charge in [0.15, 0.2) is 5.58 Å². The fourth-order valence-corrected chi connectivity index (χ4v) is 1.97. The highest BCUT2D eigenvalue weighted by atomic mass is 79.9. The highest BCUT2D eigenvalue weighted by Crippen LogP contribution is 2.18. The first kappa shape index (κ1) is 13.9. The second-order valence-corrected chi connectivity index (χ2v) is 5.56. The first-order valence-electron chi connectivity index (χ1n) is 5.92. The standard InChI is InChI=1S/C13H14BrNO4/c1-8(2)7-18-12(16)6-15-10-5-9(14)3-4-11(10)19-13(15)17/h3-5,8H,6-7H2,1-2H3. The zero-order valence-corrected chi connectivity index (χ0v) is 12.3. The number of benzene rings is 1. The number of halogens is 1. The van der Waals surface area contributed by atoms with E-state index in [9.17, 15) is 9.59 Å². The minimum Gasteiger partial charge on any atom is -0.464 e. The summed E-state index contributed by atoms with van der Waals surface area (Å²) < 4.78 is 12.2. The van der Waals surface area contributed by atoms with Crippen molar-refractivity contribution in [1.29, 1.82) is 0 Å². The molecule has 1 aromatic heterocycles. The SMILES string of the molecule is CC(C)COC(=O)Cn1c(=O)oc2ccc(Br)cc21.